The van der Waals surface area contributed by atoms with E-state index in [1.165, 1.54) is 39.3 Å². The molecule has 3 saturated heterocycles. The Labute approximate surface area is 146 Å². The van der Waals surface area contributed by atoms with E-state index in [0.717, 1.165) is 0 Å². The Hall–Kier alpha value is 0.270. The van der Waals surface area contributed by atoms with E-state index in [9.17, 15) is 0 Å². The van der Waals surface area contributed by atoms with Crippen LogP contribution in [0.4, 0.5) is 0 Å². The molecule has 0 saturated carbocycles. The van der Waals surface area contributed by atoms with Gasteiger partial charge in [0.05, 0.1) is 0 Å². The van der Waals surface area contributed by atoms with Gasteiger partial charge in [-0.05, 0) is 62.3 Å². The van der Waals surface area contributed by atoms with E-state index in [1.807, 2.05) is 0 Å². The highest BCUT2D eigenvalue weighted by Gasteiger charge is 2.46. The maximum atomic E-state index is 2.80. The Bertz CT molecular complexity index is 343. The first-order chi connectivity index (χ1) is 10.3. The van der Waals surface area contributed by atoms with Crippen LogP contribution in [0.15, 0.2) is 0 Å². The van der Waals surface area contributed by atoms with Crippen LogP contribution in [-0.2, 0) is 0 Å². The van der Waals surface area contributed by atoms with E-state index in [-0.39, 0.29) is 16.6 Å². The minimum atomic E-state index is -0.459. The van der Waals surface area contributed by atoms with Crippen molar-refractivity contribution in [2.45, 2.75) is 78.9 Å². The molecule has 4 nitrogen and oxygen atoms in total. The summed E-state index contributed by atoms with van der Waals surface area (Å²) in [4.78, 5) is 2.67. The summed E-state index contributed by atoms with van der Waals surface area (Å²) in [5, 5.41) is 0. The molecular weight excluding hydrogens is 303 g/mol. The van der Waals surface area contributed by atoms with Gasteiger partial charge in [-0.2, -0.15) is 0 Å². The monoisotopic (exact) mass is 342 g/mol. The number of fused-ring (bicyclic) bond motifs is 6. The van der Waals surface area contributed by atoms with Gasteiger partial charge < -0.3 is 0 Å². The van der Waals surface area contributed by atoms with E-state index in [0.29, 0.717) is 0 Å². The molecule has 0 aliphatic carbocycles. The molecule has 3 aliphatic rings. The molecule has 3 fully saturated rings. The van der Waals surface area contributed by atoms with Gasteiger partial charge in [0.1, 0.15) is 8.37 Å². The summed E-state index contributed by atoms with van der Waals surface area (Å²) >= 11 is 0. The maximum absolute atomic E-state index is 2.80. The van der Waals surface area contributed by atoms with Crippen molar-refractivity contribution in [1.82, 2.24) is 18.9 Å². The molecule has 3 aliphatic heterocycles. The molecule has 3 rings (SSSR count). The van der Waals surface area contributed by atoms with Crippen LogP contribution in [0.5, 0.6) is 0 Å². The van der Waals surface area contributed by atoms with Crippen LogP contribution < -0.4 is 0 Å². The van der Waals surface area contributed by atoms with Gasteiger partial charge in [-0.1, -0.05) is 0 Å². The highest BCUT2D eigenvalue weighted by molar-refractivity contribution is 7.50. The van der Waals surface area contributed by atoms with Gasteiger partial charge >= 0.3 is 0 Å². The number of hydrogen-bond donors (Lipinski definition) is 0. The van der Waals surface area contributed by atoms with E-state index in [4.69, 9.17) is 0 Å². The second-order valence-electron chi connectivity index (χ2n) is 9.99. The summed E-state index contributed by atoms with van der Waals surface area (Å²) in [7, 11) is -0.459. The first-order valence-corrected chi connectivity index (χ1v) is 10.4. The van der Waals surface area contributed by atoms with Gasteiger partial charge in [0.2, 0.25) is 0 Å². The van der Waals surface area contributed by atoms with Gasteiger partial charge in [0, 0.05) is 55.9 Å². The average Bonchev–Trinajstić information content (AvgIpc) is 2.19. The third-order valence-electron chi connectivity index (χ3n) is 4.85. The lowest BCUT2D eigenvalue weighted by Crippen LogP contribution is -2.61. The van der Waals surface area contributed by atoms with E-state index >= 15 is 0 Å². The zero-order valence-electron chi connectivity index (χ0n) is 17.0. The molecule has 0 aromatic heterocycles. The average molecular weight is 343 g/mol. The van der Waals surface area contributed by atoms with Gasteiger partial charge in [0.25, 0.3) is 0 Å². The van der Waals surface area contributed by atoms with Crippen LogP contribution in [0, 0.1) is 0 Å². The first kappa shape index (κ1) is 19.6. The van der Waals surface area contributed by atoms with Crippen LogP contribution in [0.3, 0.4) is 0 Å². The molecule has 3 heterocycles. The molecule has 0 atom stereocenters. The Balaban J connectivity index is 2.53. The lowest BCUT2D eigenvalue weighted by atomic mass is 10.1. The predicted molar refractivity (Wildman–Crippen MR) is 103 cm³/mol. The summed E-state index contributed by atoms with van der Waals surface area (Å²) in [6, 6.07) is 0. The van der Waals surface area contributed by atoms with Crippen molar-refractivity contribution >= 4 is 8.37 Å². The van der Waals surface area contributed by atoms with Crippen molar-refractivity contribution in [2.75, 3.05) is 39.3 Å². The quantitative estimate of drug-likeness (QED) is 0.620. The third kappa shape index (κ3) is 4.46. The van der Waals surface area contributed by atoms with Gasteiger partial charge in [0.15, 0.2) is 0 Å². The number of hydrogen-bond acceptors (Lipinski definition) is 4. The Kier molecular flexibility index (Phi) is 5.57. The Morgan fingerprint density at radius 3 is 0.957 bits per heavy atom. The number of rotatable bonds is 0. The van der Waals surface area contributed by atoms with Gasteiger partial charge in [-0.25, -0.2) is 0 Å². The van der Waals surface area contributed by atoms with E-state index in [2.05, 4.69) is 81.2 Å². The fourth-order valence-electron chi connectivity index (χ4n) is 3.51. The van der Waals surface area contributed by atoms with Crippen LogP contribution in [0.2, 0.25) is 0 Å². The molecule has 0 N–H and O–H groups in total. The summed E-state index contributed by atoms with van der Waals surface area (Å²) < 4.78 is 8.39. The summed E-state index contributed by atoms with van der Waals surface area (Å²) in [6.07, 6.45) is 0. The predicted octanol–water partition coefficient (Wildman–Crippen LogP) is 3.84. The summed E-state index contributed by atoms with van der Waals surface area (Å²) in [5.41, 5.74) is 0.581. The highest BCUT2D eigenvalue weighted by atomic mass is 31.2. The van der Waals surface area contributed by atoms with Crippen molar-refractivity contribution in [3.63, 3.8) is 0 Å². The minimum absolute atomic E-state index is 0.194. The fraction of sp³-hybridized carbons (Fsp3) is 1.00. The van der Waals surface area contributed by atoms with Crippen LogP contribution in [-0.4, -0.2) is 74.8 Å². The SMILES string of the molecule is CC(C)(C)N1CCN2CCN(C(C)(C)C)P1N(C(C)(C)C)CC2. The summed E-state index contributed by atoms with van der Waals surface area (Å²) in [6.45, 7) is 28.6. The molecule has 0 unspecified atom stereocenters. The molecule has 0 aromatic rings. The molecular formula is C18H39N4P. The second kappa shape index (κ2) is 6.53. The van der Waals surface area contributed by atoms with Gasteiger partial charge in [-0.3, -0.25) is 18.9 Å². The molecule has 136 valence electrons. The molecule has 0 spiro atoms. The highest BCUT2D eigenvalue weighted by Crippen LogP contribution is 2.57. The van der Waals surface area contributed by atoms with Crippen molar-refractivity contribution in [1.29, 1.82) is 0 Å². The third-order valence-corrected chi connectivity index (χ3v) is 8.55. The molecule has 0 radical (unpaired) electrons. The molecule has 23 heavy (non-hydrogen) atoms. The fourth-order valence-corrected chi connectivity index (χ4v) is 6.71. The normalized spacial score (nSPS) is 30.1. The van der Waals surface area contributed by atoms with Crippen LogP contribution in [0.25, 0.3) is 0 Å². The van der Waals surface area contributed by atoms with Crippen LogP contribution in [0.1, 0.15) is 62.3 Å². The molecule has 0 amide bonds. The lowest BCUT2D eigenvalue weighted by molar-refractivity contribution is 0.0827. The van der Waals surface area contributed by atoms with Crippen molar-refractivity contribution in [3.05, 3.63) is 0 Å². The smallest absolute Gasteiger partial charge is 0.121 e. The zero-order valence-corrected chi connectivity index (χ0v) is 17.9. The van der Waals surface area contributed by atoms with Crippen molar-refractivity contribution in [2.24, 2.45) is 0 Å². The number of nitrogens with zero attached hydrogens (tertiary/aromatic N) is 4. The zero-order chi connectivity index (χ0) is 17.6. The Morgan fingerprint density at radius 2 is 0.739 bits per heavy atom. The molecule has 5 heteroatoms. The summed E-state index contributed by atoms with van der Waals surface area (Å²) in [5.74, 6) is 0. The first-order valence-electron chi connectivity index (χ1n) is 9.17. The van der Waals surface area contributed by atoms with E-state index in [1.54, 1.807) is 0 Å². The van der Waals surface area contributed by atoms with Gasteiger partial charge in [-0.15, -0.1) is 0 Å². The minimum Gasteiger partial charge on any atom is -0.299 e. The second-order valence-corrected chi connectivity index (χ2v) is 12.0. The van der Waals surface area contributed by atoms with Crippen LogP contribution >= 0.6 is 8.37 Å². The standard InChI is InChI=1S/C18H39N4P/c1-16(2,3)20-13-10-19-11-14-21(17(4,5)6)23(20)22(15-12-19)18(7,8)9/h10-15H2,1-9H3. The maximum Gasteiger partial charge on any atom is 0.121 e. The molecule has 2 bridgehead atoms. The topological polar surface area (TPSA) is 13.0 Å². The van der Waals surface area contributed by atoms with E-state index < -0.39 is 8.37 Å². The Morgan fingerprint density at radius 1 is 0.478 bits per heavy atom. The van der Waals surface area contributed by atoms with Crippen molar-refractivity contribution < 1.29 is 0 Å². The largest absolute Gasteiger partial charge is 0.299 e. The lowest BCUT2D eigenvalue weighted by Gasteiger charge is -2.59. The molecule has 0 aromatic carbocycles. The van der Waals surface area contributed by atoms with Crippen molar-refractivity contribution in [3.8, 4) is 0 Å².